The molecule has 0 aliphatic heterocycles. The molecule has 4 amide bonds. The van der Waals surface area contributed by atoms with Gasteiger partial charge in [-0.2, -0.15) is 11.8 Å². The average molecular weight is 586 g/mol. The molecular formula is C29H39N5O6S. The number of likely N-dealkylation sites (N-methyl/N-ethyl adjacent to an activating group) is 1. The number of ketones is 1. The zero-order valence-electron chi connectivity index (χ0n) is 23.6. The SMILES string of the molecule is CNC(Cc1ccc(O)cc1)C(=O)NCC(=O)NCC(=O)NC(Cc1ccccc1)C(=O)NC(CCSC)C(C)=O. The number of phenolic OH excluding ortho intramolecular Hbond substituents is 1. The van der Waals surface area contributed by atoms with E-state index in [1.54, 1.807) is 30.9 Å². The van der Waals surface area contributed by atoms with Crippen LogP contribution in [-0.4, -0.2) is 84.8 Å². The van der Waals surface area contributed by atoms with Crippen LogP contribution in [0.3, 0.4) is 0 Å². The van der Waals surface area contributed by atoms with Crippen LogP contribution >= 0.6 is 11.8 Å². The predicted molar refractivity (Wildman–Crippen MR) is 158 cm³/mol. The predicted octanol–water partition coefficient (Wildman–Crippen LogP) is 0.310. The summed E-state index contributed by atoms with van der Waals surface area (Å²) >= 11 is 1.56. The highest BCUT2D eigenvalue weighted by atomic mass is 32.2. The summed E-state index contributed by atoms with van der Waals surface area (Å²) < 4.78 is 0. The minimum atomic E-state index is -0.964. The highest BCUT2D eigenvalue weighted by molar-refractivity contribution is 7.98. The maximum Gasteiger partial charge on any atom is 0.243 e. The van der Waals surface area contributed by atoms with Gasteiger partial charge in [0.2, 0.25) is 23.6 Å². The maximum absolute atomic E-state index is 13.1. The topological polar surface area (TPSA) is 166 Å². The first-order valence-electron chi connectivity index (χ1n) is 13.3. The van der Waals surface area contributed by atoms with Crippen molar-refractivity contribution in [3.63, 3.8) is 0 Å². The molecule has 222 valence electrons. The minimum absolute atomic E-state index is 0.123. The maximum atomic E-state index is 13.1. The van der Waals surface area contributed by atoms with Crippen LogP contribution in [0.2, 0.25) is 0 Å². The molecule has 0 aliphatic carbocycles. The Hall–Kier alpha value is -3.90. The molecule has 6 N–H and O–H groups in total. The van der Waals surface area contributed by atoms with E-state index in [9.17, 15) is 29.1 Å². The molecule has 2 aromatic rings. The van der Waals surface area contributed by atoms with Crippen molar-refractivity contribution in [1.29, 1.82) is 0 Å². The second-order valence-corrected chi connectivity index (χ2v) is 10.5. The molecule has 2 rings (SSSR count). The number of aromatic hydroxyl groups is 1. The van der Waals surface area contributed by atoms with Gasteiger partial charge in [-0.3, -0.25) is 24.0 Å². The monoisotopic (exact) mass is 585 g/mol. The second-order valence-electron chi connectivity index (χ2n) is 9.47. The summed E-state index contributed by atoms with van der Waals surface area (Å²) in [6.07, 6.45) is 2.93. The number of nitrogens with one attached hydrogen (secondary N) is 5. The average Bonchev–Trinajstić information content (AvgIpc) is 2.96. The molecule has 41 heavy (non-hydrogen) atoms. The van der Waals surface area contributed by atoms with Crippen molar-refractivity contribution >= 4 is 41.2 Å². The van der Waals surface area contributed by atoms with Crippen molar-refractivity contribution in [2.75, 3.05) is 32.1 Å². The quantitative estimate of drug-likeness (QED) is 0.154. The number of Topliss-reactive ketones (excluding diaryl/α,β-unsaturated/α-hetero) is 1. The van der Waals surface area contributed by atoms with E-state index in [4.69, 9.17) is 0 Å². The van der Waals surface area contributed by atoms with Crippen molar-refractivity contribution < 1.29 is 29.1 Å². The van der Waals surface area contributed by atoms with E-state index in [1.165, 1.54) is 19.1 Å². The summed E-state index contributed by atoms with van der Waals surface area (Å²) in [4.78, 5) is 62.6. The third kappa shape index (κ3) is 12.4. The lowest BCUT2D eigenvalue weighted by Gasteiger charge is -2.22. The normalized spacial score (nSPS) is 12.9. The molecule has 2 aromatic carbocycles. The fourth-order valence-corrected chi connectivity index (χ4v) is 4.39. The Bertz CT molecular complexity index is 1160. The first-order chi connectivity index (χ1) is 19.6. The van der Waals surface area contributed by atoms with Crippen LogP contribution in [-0.2, 0) is 36.8 Å². The minimum Gasteiger partial charge on any atom is -0.508 e. The van der Waals surface area contributed by atoms with Crippen molar-refractivity contribution in [1.82, 2.24) is 26.6 Å². The Morgan fingerprint density at radius 2 is 1.37 bits per heavy atom. The first-order valence-corrected chi connectivity index (χ1v) is 14.6. The molecule has 0 spiro atoms. The van der Waals surface area contributed by atoms with Gasteiger partial charge in [0.1, 0.15) is 11.8 Å². The molecule has 3 atom stereocenters. The van der Waals surface area contributed by atoms with Crippen molar-refractivity contribution in [2.24, 2.45) is 0 Å². The van der Waals surface area contributed by atoms with Crippen LogP contribution in [0.5, 0.6) is 5.75 Å². The van der Waals surface area contributed by atoms with Crippen LogP contribution < -0.4 is 26.6 Å². The molecule has 0 saturated carbocycles. The molecule has 3 unspecified atom stereocenters. The molecule has 0 fully saturated rings. The number of phenols is 1. The van der Waals surface area contributed by atoms with Crippen molar-refractivity contribution in [3.8, 4) is 5.75 Å². The molecule has 11 nitrogen and oxygen atoms in total. The zero-order valence-corrected chi connectivity index (χ0v) is 24.4. The summed E-state index contributed by atoms with van der Waals surface area (Å²) in [6, 6.07) is 13.4. The Morgan fingerprint density at radius 1 is 0.756 bits per heavy atom. The van der Waals surface area contributed by atoms with Gasteiger partial charge in [-0.15, -0.1) is 0 Å². The Balaban J connectivity index is 1.90. The van der Waals surface area contributed by atoms with Gasteiger partial charge < -0.3 is 31.7 Å². The fraction of sp³-hybridized carbons (Fsp3) is 0.414. The highest BCUT2D eigenvalue weighted by Gasteiger charge is 2.25. The van der Waals surface area contributed by atoms with Crippen LogP contribution in [0.4, 0.5) is 0 Å². The molecule has 0 aromatic heterocycles. The van der Waals surface area contributed by atoms with E-state index >= 15 is 0 Å². The Kier molecular flexibility index (Phi) is 14.4. The number of thioether (sulfide) groups is 1. The van der Waals surface area contributed by atoms with E-state index in [1.807, 2.05) is 36.6 Å². The first kappa shape index (κ1) is 33.3. The second kappa shape index (κ2) is 17.7. The number of hydrogen-bond acceptors (Lipinski definition) is 8. The molecule has 0 aliphatic rings. The Morgan fingerprint density at radius 3 is 1.98 bits per heavy atom. The fourth-order valence-electron chi connectivity index (χ4n) is 3.92. The molecule has 12 heteroatoms. The number of rotatable bonds is 17. The summed E-state index contributed by atoms with van der Waals surface area (Å²) in [5, 5.41) is 22.7. The van der Waals surface area contributed by atoms with E-state index in [2.05, 4.69) is 26.6 Å². The number of carbonyl (C=O) groups excluding carboxylic acids is 5. The van der Waals surface area contributed by atoms with E-state index in [-0.39, 0.29) is 24.5 Å². The van der Waals surface area contributed by atoms with Gasteiger partial charge in [0.05, 0.1) is 25.2 Å². The highest BCUT2D eigenvalue weighted by Crippen LogP contribution is 2.11. The van der Waals surface area contributed by atoms with Gasteiger partial charge in [0, 0.05) is 6.42 Å². The van der Waals surface area contributed by atoms with Gasteiger partial charge in [-0.05, 0) is 62.1 Å². The standard InChI is InChI=1S/C29H39N5O6S/c1-19(35)23(13-14-41-3)34-29(40)25(16-20-7-5-4-6-8-20)33-27(38)18-31-26(37)17-32-28(39)24(30-2)15-21-9-11-22(36)12-10-21/h4-12,23-25,30,36H,13-18H2,1-3H3,(H,31,37)(H,32,39)(H,33,38)(H,34,40). The van der Waals surface area contributed by atoms with Crippen LogP contribution in [0.15, 0.2) is 54.6 Å². The van der Waals surface area contributed by atoms with E-state index in [0.717, 1.165) is 11.1 Å². The number of amides is 4. The van der Waals surface area contributed by atoms with Gasteiger partial charge >= 0.3 is 0 Å². The summed E-state index contributed by atoms with van der Waals surface area (Å²) in [5.74, 6) is -1.42. The third-order valence-electron chi connectivity index (χ3n) is 6.26. The van der Waals surface area contributed by atoms with Crippen molar-refractivity contribution in [3.05, 3.63) is 65.7 Å². The molecule has 0 radical (unpaired) electrons. The lowest BCUT2D eigenvalue weighted by atomic mass is 10.0. The largest absolute Gasteiger partial charge is 0.508 e. The number of carbonyl (C=O) groups is 5. The smallest absolute Gasteiger partial charge is 0.243 e. The van der Waals surface area contributed by atoms with Crippen LogP contribution in [0, 0.1) is 0 Å². The third-order valence-corrected chi connectivity index (χ3v) is 6.91. The van der Waals surface area contributed by atoms with Gasteiger partial charge in [0.15, 0.2) is 5.78 Å². The summed E-state index contributed by atoms with van der Waals surface area (Å²) in [5.41, 5.74) is 1.64. The molecule has 0 heterocycles. The molecular weight excluding hydrogens is 546 g/mol. The van der Waals surface area contributed by atoms with Gasteiger partial charge in [-0.1, -0.05) is 42.5 Å². The summed E-state index contributed by atoms with van der Waals surface area (Å²) in [6.45, 7) is 0.666. The van der Waals surface area contributed by atoms with E-state index in [0.29, 0.717) is 18.6 Å². The number of hydrogen-bond donors (Lipinski definition) is 6. The molecule has 0 saturated heterocycles. The summed E-state index contributed by atoms with van der Waals surface area (Å²) in [7, 11) is 1.62. The Labute approximate surface area is 244 Å². The van der Waals surface area contributed by atoms with Crippen molar-refractivity contribution in [2.45, 2.75) is 44.3 Å². The lowest BCUT2D eigenvalue weighted by Crippen LogP contribution is -2.54. The lowest BCUT2D eigenvalue weighted by molar-refractivity contribution is -0.131. The van der Waals surface area contributed by atoms with Gasteiger partial charge in [0.25, 0.3) is 0 Å². The zero-order chi connectivity index (χ0) is 30.2. The molecule has 0 bridgehead atoms. The van der Waals surface area contributed by atoms with Crippen LogP contribution in [0.1, 0.15) is 24.5 Å². The van der Waals surface area contributed by atoms with Gasteiger partial charge in [-0.25, -0.2) is 0 Å². The number of benzene rings is 2. The van der Waals surface area contributed by atoms with E-state index < -0.39 is 48.3 Å². The van der Waals surface area contributed by atoms with Crippen LogP contribution in [0.25, 0.3) is 0 Å².